The molecule has 1 aromatic heterocycles. The van der Waals surface area contributed by atoms with Crippen LogP contribution in [0.3, 0.4) is 0 Å². The highest BCUT2D eigenvalue weighted by molar-refractivity contribution is 7.17. The van der Waals surface area contributed by atoms with E-state index < -0.39 is 23.8 Å². The number of carboxylic acids is 1. The normalized spacial score (nSPS) is 22.9. The van der Waals surface area contributed by atoms with Gasteiger partial charge >= 0.3 is 11.9 Å². The van der Waals surface area contributed by atoms with Gasteiger partial charge in [0.15, 0.2) is 0 Å². The predicted octanol–water partition coefficient (Wildman–Crippen LogP) is 4.64. The number of esters is 1. The molecule has 0 saturated heterocycles. The van der Waals surface area contributed by atoms with Crippen molar-refractivity contribution >= 4 is 34.2 Å². The van der Waals surface area contributed by atoms with E-state index in [1.165, 1.54) is 24.0 Å². The monoisotopic (exact) mass is 441 g/mol. The zero-order chi connectivity index (χ0) is 22.0. The van der Waals surface area contributed by atoms with E-state index in [-0.39, 0.29) is 5.91 Å². The Bertz CT molecular complexity index is 983. The lowest BCUT2D eigenvalue weighted by Gasteiger charge is -2.27. The highest BCUT2D eigenvalue weighted by Gasteiger charge is 2.37. The minimum Gasteiger partial charge on any atom is -0.481 e. The third kappa shape index (κ3) is 4.37. The standard InChI is InChI=1S/C24H27NO5S/c1-30-24(29)20-18-12-11-15(14-7-3-2-4-8-14)13-19(18)31-22(20)25-21(26)16-9-5-6-10-17(16)23(27)28/h2-4,7-8,15-17H,5-6,9-13H2,1H3,(H,25,26)(H,27,28). The molecule has 6 nitrogen and oxygen atoms in total. The molecule has 7 heteroatoms. The number of carbonyl (C=O) groups is 3. The number of nitrogens with one attached hydrogen (secondary N) is 1. The molecule has 3 atom stereocenters. The van der Waals surface area contributed by atoms with Gasteiger partial charge in [0, 0.05) is 4.88 Å². The van der Waals surface area contributed by atoms with Crippen molar-refractivity contribution in [2.75, 3.05) is 12.4 Å². The summed E-state index contributed by atoms with van der Waals surface area (Å²) in [5.41, 5.74) is 2.67. The summed E-state index contributed by atoms with van der Waals surface area (Å²) in [6.45, 7) is 0. The number of anilines is 1. The first-order valence-corrected chi connectivity index (χ1v) is 11.6. The molecular weight excluding hydrogens is 414 g/mol. The second kappa shape index (κ2) is 9.22. The summed E-state index contributed by atoms with van der Waals surface area (Å²) in [4.78, 5) is 38.3. The first-order chi connectivity index (χ1) is 15.0. The molecular formula is C24H27NO5S. The molecule has 164 valence electrons. The molecule has 0 radical (unpaired) electrons. The second-order valence-electron chi connectivity index (χ2n) is 8.37. The van der Waals surface area contributed by atoms with Gasteiger partial charge in [0.1, 0.15) is 5.00 Å². The minimum absolute atomic E-state index is 0.310. The third-order valence-electron chi connectivity index (χ3n) is 6.58. The van der Waals surface area contributed by atoms with E-state index in [1.807, 2.05) is 18.2 Å². The maximum Gasteiger partial charge on any atom is 0.341 e. The van der Waals surface area contributed by atoms with Crippen LogP contribution in [0.5, 0.6) is 0 Å². The highest BCUT2D eigenvalue weighted by atomic mass is 32.1. The van der Waals surface area contributed by atoms with Gasteiger partial charge in [-0.2, -0.15) is 0 Å². The van der Waals surface area contributed by atoms with Crippen LogP contribution in [0.15, 0.2) is 30.3 Å². The van der Waals surface area contributed by atoms with Crippen LogP contribution in [-0.2, 0) is 27.2 Å². The number of carbonyl (C=O) groups excluding carboxylic acids is 2. The van der Waals surface area contributed by atoms with Crippen molar-refractivity contribution in [3.63, 3.8) is 0 Å². The largest absolute Gasteiger partial charge is 0.481 e. The number of aliphatic carboxylic acids is 1. The van der Waals surface area contributed by atoms with Crippen molar-refractivity contribution in [1.82, 2.24) is 0 Å². The van der Waals surface area contributed by atoms with Crippen molar-refractivity contribution in [2.45, 2.75) is 50.9 Å². The molecule has 1 aromatic carbocycles. The van der Waals surface area contributed by atoms with Gasteiger partial charge in [0.05, 0.1) is 24.5 Å². The minimum atomic E-state index is -0.927. The molecule has 2 N–H and O–H groups in total. The summed E-state index contributed by atoms with van der Waals surface area (Å²) in [5, 5.41) is 12.9. The zero-order valence-electron chi connectivity index (χ0n) is 17.6. The van der Waals surface area contributed by atoms with Crippen molar-refractivity contribution in [2.24, 2.45) is 11.8 Å². The van der Waals surface area contributed by atoms with Gasteiger partial charge in [-0.05, 0) is 49.1 Å². The molecule has 2 aliphatic carbocycles. The van der Waals surface area contributed by atoms with E-state index >= 15 is 0 Å². The molecule has 0 bridgehead atoms. The summed E-state index contributed by atoms with van der Waals surface area (Å²) in [5.74, 6) is -2.57. The Kier molecular flexibility index (Phi) is 6.41. The van der Waals surface area contributed by atoms with Crippen LogP contribution in [-0.4, -0.2) is 30.1 Å². The van der Waals surface area contributed by atoms with Crippen molar-refractivity contribution in [1.29, 1.82) is 0 Å². The summed E-state index contributed by atoms with van der Waals surface area (Å²) >= 11 is 1.43. The van der Waals surface area contributed by atoms with Crippen LogP contribution < -0.4 is 5.32 Å². The Balaban J connectivity index is 1.61. The lowest BCUT2D eigenvalue weighted by atomic mass is 9.78. The Hall–Kier alpha value is -2.67. The Morgan fingerprint density at radius 2 is 1.77 bits per heavy atom. The summed E-state index contributed by atoms with van der Waals surface area (Å²) in [7, 11) is 1.34. The van der Waals surface area contributed by atoms with E-state index in [0.29, 0.717) is 29.3 Å². The number of methoxy groups -OCH3 is 1. The van der Waals surface area contributed by atoms with Gasteiger partial charge in [-0.15, -0.1) is 11.3 Å². The molecule has 3 unspecified atom stereocenters. The van der Waals surface area contributed by atoms with Crippen LogP contribution in [0.1, 0.15) is 64.4 Å². The zero-order valence-corrected chi connectivity index (χ0v) is 18.4. The number of hydrogen-bond donors (Lipinski definition) is 2. The van der Waals surface area contributed by atoms with Gasteiger partial charge < -0.3 is 15.2 Å². The van der Waals surface area contributed by atoms with Gasteiger partial charge in [-0.3, -0.25) is 9.59 Å². The molecule has 1 saturated carbocycles. The maximum absolute atomic E-state index is 13.0. The molecule has 1 fully saturated rings. The van der Waals surface area contributed by atoms with E-state index in [2.05, 4.69) is 17.4 Å². The van der Waals surface area contributed by atoms with E-state index in [1.54, 1.807) is 0 Å². The lowest BCUT2D eigenvalue weighted by Crippen LogP contribution is -2.36. The number of amides is 1. The number of fused-ring (bicyclic) bond motifs is 1. The van der Waals surface area contributed by atoms with Gasteiger partial charge in [-0.1, -0.05) is 43.2 Å². The van der Waals surface area contributed by atoms with E-state index in [0.717, 1.165) is 42.5 Å². The third-order valence-corrected chi connectivity index (χ3v) is 7.75. The molecule has 1 heterocycles. The topological polar surface area (TPSA) is 92.7 Å². The van der Waals surface area contributed by atoms with Gasteiger partial charge in [-0.25, -0.2) is 4.79 Å². The first-order valence-electron chi connectivity index (χ1n) is 10.8. The highest BCUT2D eigenvalue weighted by Crippen LogP contribution is 2.43. The number of rotatable bonds is 5. The molecule has 4 rings (SSSR count). The number of hydrogen-bond acceptors (Lipinski definition) is 5. The van der Waals surface area contributed by atoms with E-state index in [9.17, 15) is 19.5 Å². The average molecular weight is 442 g/mol. The van der Waals surface area contributed by atoms with Crippen molar-refractivity contribution < 1.29 is 24.2 Å². The van der Waals surface area contributed by atoms with Crippen LogP contribution in [0, 0.1) is 11.8 Å². The van der Waals surface area contributed by atoms with Crippen LogP contribution >= 0.6 is 11.3 Å². The fourth-order valence-electron chi connectivity index (χ4n) is 4.95. The average Bonchev–Trinajstić information content (AvgIpc) is 3.16. The molecule has 2 aliphatic rings. The number of benzene rings is 1. The van der Waals surface area contributed by atoms with Crippen LogP contribution in [0.2, 0.25) is 0 Å². The molecule has 1 amide bonds. The number of ether oxygens (including phenoxy) is 1. The summed E-state index contributed by atoms with van der Waals surface area (Å²) in [6.07, 6.45) is 5.20. The molecule has 31 heavy (non-hydrogen) atoms. The van der Waals surface area contributed by atoms with Crippen LogP contribution in [0.25, 0.3) is 0 Å². The van der Waals surface area contributed by atoms with Gasteiger partial charge in [0.25, 0.3) is 0 Å². The Labute approximate surface area is 185 Å². The van der Waals surface area contributed by atoms with Crippen LogP contribution in [0.4, 0.5) is 5.00 Å². The van der Waals surface area contributed by atoms with E-state index in [4.69, 9.17) is 4.74 Å². The maximum atomic E-state index is 13.0. The summed E-state index contributed by atoms with van der Waals surface area (Å²) in [6, 6.07) is 10.3. The Morgan fingerprint density at radius 3 is 2.45 bits per heavy atom. The Morgan fingerprint density at radius 1 is 1.06 bits per heavy atom. The fraction of sp³-hybridized carbons (Fsp3) is 0.458. The molecule has 0 aliphatic heterocycles. The SMILES string of the molecule is COC(=O)c1c(NC(=O)C2CCCCC2C(=O)O)sc2c1CCC(c1ccccc1)C2. The molecule has 2 aromatic rings. The van der Waals surface area contributed by atoms with Crippen molar-refractivity contribution in [3.05, 3.63) is 51.9 Å². The number of carboxylic acid groups (broad SMARTS) is 1. The van der Waals surface area contributed by atoms with Gasteiger partial charge in [0.2, 0.25) is 5.91 Å². The fourth-order valence-corrected chi connectivity index (χ4v) is 6.27. The second-order valence-corrected chi connectivity index (χ2v) is 9.48. The van der Waals surface area contributed by atoms with Crippen molar-refractivity contribution in [3.8, 4) is 0 Å². The predicted molar refractivity (Wildman–Crippen MR) is 119 cm³/mol. The number of thiophene rings is 1. The lowest BCUT2D eigenvalue weighted by molar-refractivity contribution is -0.147. The quantitative estimate of drug-likeness (QED) is 0.660. The molecule has 0 spiro atoms. The first kappa shape index (κ1) is 21.6. The summed E-state index contributed by atoms with van der Waals surface area (Å²) < 4.78 is 5.02. The smallest absolute Gasteiger partial charge is 0.341 e.